The highest BCUT2D eigenvalue weighted by Gasteiger charge is 2.19. The highest BCUT2D eigenvalue weighted by Crippen LogP contribution is 2.13. The Morgan fingerprint density at radius 3 is 0.912 bits per heavy atom. The summed E-state index contributed by atoms with van der Waals surface area (Å²) < 4.78 is 16.8. The van der Waals surface area contributed by atoms with E-state index in [1.807, 2.05) is 0 Å². The number of carbonyl (C=O) groups is 3. The molecule has 0 aromatic heterocycles. The van der Waals surface area contributed by atoms with Crippen LogP contribution < -0.4 is 0 Å². The van der Waals surface area contributed by atoms with Crippen molar-refractivity contribution in [2.45, 2.75) is 239 Å². The summed E-state index contributed by atoms with van der Waals surface area (Å²) in [5, 5.41) is 0. The van der Waals surface area contributed by atoms with Gasteiger partial charge in [-0.1, -0.05) is 213 Å². The van der Waals surface area contributed by atoms with Crippen LogP contribution in [0.25, 0.3) is 0 Å². The van der Waals surface area contributed by atoms with Gasteiger partial charge < -0.3 is 14.2 Å². The summed E-state index contributed by atoms with van der Waals surface area (Å²) in [4.78, 5) is 38.1. The molecule has 0 saturated heterocycles. The van der Waals surface area contributed by atoms with Gasteiger partial charge in [-0.05, 0) is 122 Å². The highest BCUT2D eigenvalue weighted by molar-refractivity contribution is 5.71. The molecule has 68 heavy (non-hydrogen) atoms. The maximum Gasteiger partial charge on any atom is 0.306 e. The van der Waals surface area contributed by atoms with Crippen LogP contribution in [0, 0.1) is 0 Å². The lowest BCUT2D eigenvalue weighted by atomic mass is 10.1. The van der Waals surface area contributed by atoms with Gasteiger partial charge in [0.1, 0.15) is 13.2 Å². The predicted molar refractivity (Wildman–Crippen MR) is 293 cm³/mol. The molecule has 6 heteroatoms. The lowest BCUT2D eigenvalue weighted by Crippen LogP contribution is -2.30. The van der Waals surface area contributed by atoms with E-state index in [4.69, 9.17) is 14.2 Å². The molecule has 0 aliphatic carbocycles. The van der Waals surface area contributed by atoms with Crippen LogP contribution in [0.5, 0.6) is 0 Å². The first-order chi connectivity index (χ1) is 33.5. The van der Waals surface area contributed by atoms with Gasteiger partial charge >= 0.3 is 17.9 Å². The first-order valence-corrected chi connectivity index (χ1v) is 27.5. The topological polar surface area (TPSA) is 78.9 Å². The van der Waals surface area contributed by atoms with Crippen LogP contribution in [0.3, 0.4) is 0 Å². The molecule has 384 valence electrons. The van der Waals surface area contributed by atoms with Crippen molar-refractivity contribution >= 4 is 17.9 Å². The summed E-state index contributed by atoms with van der Waals surface area (Å²) in [6, 6.07) is 0. The molecule has 0 spiro atoms. The van der Waals surface area contributed by atoms with Gasteiger partial charge in [0.2, 0.25) is 0 Å². The van der Waals surface area contributed by atoms with Crippen LogP contribution in [0.2, 0.25) is 0 Å². The fraction of sp³-hybridized carbons (Fsp3) is 0.629. The molecular weight excluding hydrogens is 841 g/mol. The molecule has 0 aromatic carbocycles. The lowest BCUT2D eigenvalue weighted by molar-refractivity contribution is -0.167. The number of rotatable bonds is 48. The number of hydrogen-bond donors (Lipinski definition) is 0. The van der Waals surface area contributed by atoms with Crippen molar-refractivity contribution in [2.24, 2.45) is 0 Å². The zero-order chi connectivity index (χ0) is 49.3. The van der Waals surface area contributed by atoms with Crippen molar-refractivity contribution < 1.29 is 28.6 Å². The second kappa shape index (κ2) is 55.4. The SMILES string of the molecule is CC/C=C\C/C=C\C/C=C\C/C=C\C/C=C\CCCCCCCCCC(=O)OCC(COC(=O)CCCCC/C=C\C/C=C\C/C=C\CC)OC(=O)CCCCCCC/C=C\C/C=C\CCCC. The Balaban J connectivity index is 4.42. The van der Waals surface area contributed by atoms with Crippen molar-refractivity contribution in [1.29, 1.82) is 0 Å². The summed E-state index contributed by atoms with van der Waals surface area (Å²) >= 11 is 0. The second-order valence-corrected chi connectivity index (χ2v) is 17.7. The first-order valence-electron chi connectivity index (χ1n) is 27.5. The number of unbranched alkanes of at least 4 members (excludes halogenated alkanes) is 17. The molecular formula is C62H100O6. The predicted octanol–water partition coefficient (Wildman–Crippen LogP) is 18.5. The Kier molecular flexibility index (Phi) is 52.0. The summed E-state index contributed by atoms with van der Waals surface area (Å²) in [7, 11) is 0. The van der Waals surface area contributed by atoms with E-state index in [1.165, 1.54) is 44.9 Å². The van der Waals surface area contributed by atoms with Gasteiger partial charge in [-0.15, -0.1) is 0 Å². The van der Waals surface area contributed by atoms with Crippen molar-refractivity contribution in [3.8, 4) is 0 Å². The van der Waals surface area contributed by atoms with Crippen molar-refractivity contribution in [2.75, 3.05) is 13.2 Å². The van der Waals surface area contributed by atoms with Crippen molar-refractivity contribution in [3.63, 3.8) is 0 Å². The second-order valence-electron chi connectivity index (χ2n) is 17.7. The van der Waals surface area contributed by atoms with Gasteiger partial charge in [0.25, 0.3) is 0 Å². The van der Waals surface area contributed by atoms with Gasteiger partial charge in [-0.3, -0.25) is 14.4 Å². The van der Waals surface area contributed by atoms with E-state index >= 15 is 0 Å². The van der Waals surface area contributed by atoms with Gasteiger partial charge in [0.15, 0.2) is 6.10 Å². The Morgan fingerprint density at radius 1 is 0.309 bits per heavy atom. The van der Waals surface area contributed by atoms with Crippen LogP contribution in [-0.2, 0) is 28.6 Å². The first kappa shape index (κ1) is 63.8. The molecule has 0 fully saturated rings. The van der Waals surface area contributed by atoms with Crippen LogP contribution in [0.15, 0.2) is 122 Å². The minimum Gasteiger partial charge on any atom is -0.462 e. The van der Waals surface area contributed by atoms with Gasteiger partial charge in [-0.2, -0.15) is 0 Å². The number of hydrogen-bond acceptors (Lipinski definition) is 6. The number of allylic oxidation sites excluding steroid dienone is 20. The van der Waals surface area contributed by atoms with Crippen LogP contribution >= 0.6 is 0 Å². The van der Waals surface area contributed by atoms with Crippen LogP contribution in [0.4, 0.5) is 0 Å². The molecule has 0 aromatic rings. The molecule has 0 N–H and O–H groups in total. The van der Waals surface area contributed by atoms with E-state index in [-0.39, 0.29) is 31.1 Å². The summed E-state index contributed by atoms with van der Waals surface area (Å²) in [6.45, 7) is 6.31. The van der Waals surface area contributed by atoms with Crippen molar-refractivity contribution in [1.82, 2.24) is 0 Å². The van der Waals surface area contributed by atoms with Gasteiger partial charge in [-0.25, -0.2) is 0 Å². The summed E-state index contributed by atoms with van der Waals surface area (Å²) in [6.07, 6.45) is 76.1. The molecule has 0 amide bonds. The molecule has 1 atom stereocenters. The Hall–Kier alpha value is -4.19. The molecule has 0 saturated carbocycles. The Labute approximate surface area is 418 Å². The fourth-order valence-electron chi connectivity index (χ4n) is 7.09. The third-order valence-corrected chi connectivity index (χ3v) is 11.2. The number of ether oxygens (including phenoxy) is 3. The fourth-order valence-corrected chi connectivity index (χ4v) is 7.09. The highest BCUT2D eigenvalue weighted by atomic mass is 16.6. The Morgan fingerprint density at radius 2 is 0.574 bits per heavy atom. The standard InChI is InChI=1S/C62H100O6/c1-4-7-10-13-16-19-22-25-27-28-29-30-31-32-33-34-35-38-40-43-46-49-52-55-61(64)67-58-59(57-66-60(63)54-51-48-45-42-39-36-24-21-18-15-12-9-6-3)68-62(65)56-53-50-47-44-41-37-26-23-20-17-14-11-8-5-2/h7,9-10,12,14,16-19,21,23,25-27,29-30,32-33,36,39,59H,4-6,8,11,13,15,20,22,24,28,31,34-35,37-38,40-58H2,1-3H3/b10-7-,12-9-,17-14-,19-16-,21-18-,26-23-,27-25-,30-29-,33-32-,39-36-. The minimum absolute atomic E-state index is 0.102. The van der Waals surface area contributed by atoms with E-state index in [0.717, 1.165) is 148 Å². The lowest BCUT2D eigenvalue weighted by Gasteiger charge is -2.18. The minimum atomic E-state index is -0.805. The maximum atomic E-state index is 12.8. The van der Waals surface area contributed by atoms with Gasteiger partial charge in [0.05, 0.1) is 0 Å². The molecule has 0 radical (unpaired) electrons. The quantitative estimate of drug-likeness (QED) is 0.0262. The molecule has 0 heterocycles. The third-order valence-electron chi connectivity index (χ3n) is 11.2. The average molecular weight is 941 g/mol. The van der Waals surface area contributed by atoms with E-state index in [1.54, 1.807) is 0 Å². The van der Waals surface area contributed by atoms with Crippen LogP contribution in [-0.4, -0.2) is 37.2 Å². The van der Waals surface area contributed by atoms with E-state index in [9.17, 15) is 14.4 Å². The molecule has 0 bridgehead atoms. The summed E-state index contributed by atoms with van der Waals surface area (Å²) in [5.41, 5.74) is 0. The molecule has 6 nitrogen and oxygen atoms in total. The third kappa shape index (κ3) is 52.8. The normalized spacial score (nSPS) is 13.0. The zero-order valence-electron chi connectivity index (χ0n) is 43.8. The van der Waals surface area contributed by atoms with E-state index < -0.39 is 6.10 Å². The van der Waals surface area contributed by atoms with E-state index in [0.29, 0.717) is 19.3 Å². The number of carbonyl (C=O) groups excluding carboxylic acids is 3. The maximum absolute atomic E-state index is 12.8. The molecule has 1 unspecified atom stereocenters. The van der Waals surface area contributed by atoms with Crippen LogP contribution in [0.1, 0.15) is 233 Å². The monoisotopic (exact) mass is 941 g/mol. The largest absolute Gasteiger partial charge is 0.462 e. The van der Waals surface area contributed by atoms with E-state index in [2.05, 4.69) is 142 Å². The zero-order valence-corrected chi connectivity index (χ0v) is 43.8. The summed E-state index contributed by atoms with van der Waals surface area (Å²) in [5.74, 6) is -0.962. The van der Waals surface area contributed by atoms with Crippen molar-refractivity contribution in [3.05, 3.63) is 122 Å². The molecule has 0 aliphatic heterocycles. The molecule has 0 aliphatic rings. The number of esters is 3. The smallest absolute Gasteiger partial charge is 0.306 e. The Bertz CT molecular complexity index is 1450. The van der Waals surface area contributed by atoms with Gasteiger partial charge in [0, 0.05) is 19.3 Å². The molecule has 0 rings (SSSR count). The average Bonchev–Trinajstić information content (AvgIpc) is 3.34.